The Bertz CT molecular complexity index is 1110. The van der Waals surface area contributed by atoms with E-state index < -0.39 is 21.8 Å². The van der Waals surface area contributed by atoms with E-state index in [0.29, 0.717) is 5.02 Å². The average molecular weight is 436 g/mol. The number of hydrogen-bond donors (Lipinski definition) is 0. The van der Waals surface area contributed by atoms with Crippen molar-refractivity contribution >= 4 is 33.0 Å². The lowest BCUT2D eigenvalue weighted by Gasteiger charge is -2.08. The van der Waals surface area contributed by atoms with Crippen molar-refractivity contribution in [3.05, 3.63) is 58.3 Å². The van der Waals surface area contributed by atoms with E-state index in [0.717, 1.165) is 10.9 Å². The second-order valence-corrected chi connectivity index (χ2v) is 8.42. The third-order valence-corrected chi connectivity index (χ3v) is 5.22. The van der Waals surface area contributed by atoms with Crippen molar-refractivity contribution in [2.75, 3.05) is 6.26 Å². The zero-order valence-corrected chi connectivity index (χ0v) is 15.8. The molecule has 1 aromatic heterocycles. The van der Waals surface area contributed by atoms with Gasteiger partial charge in [0.1, 0.15) is 0 Å². The third kappa shape index (κ3) is 4.10. The standard InChI is InChI=1S/C16H10Cl2F3N3O2S/c1-27(25,26)11-5-3-10(4-6-11)24-14(22-15(23-24)16(19,20)21)12-7-2-9(17)8-13(12)18/h2-8H,1H3. The first kappa shape index (κ1) is 19.7. The highest BCUT2D eigenvalue weighted by atomic mass is 35.5. The highest BCUT2D eigenvalue weighted by Gasteiger charge is 2.37. The fourth-order valence-electron chi connectivity index (χ4n) is 2.29. The fourth-order valence-corrected chi connectivity index (χ4v) is 3.42. The largest absolute Gasteiger partial charge is 0.453 e. The Kier molecular flexibility index (Phi) is 4.96. The van der Waals surface area contributed by atoms with Crippen molar-refractivity contribution in [2.24, 2.45) is 0 Å². The van der Waals surface area contributed by atoms with E-state index in [1.807, 2.05) is 0 Å². The van der Waals surface area contributed by atoms with Gasteiger partial charge in [0.2, 0.25) is 0 Å². The summed E-state index contributed by atoms with van der Waals surface area (Å²) >= 11 is 11.9. The number of hydrogen-bond acceptors (Lipinski definition) is 4. The molecular weight excluding hydrogens is 426 g/mol. The maximum Gasteiger partial charge on any atom is 0.453 e. The summed E-state index contributed by atoms with van der Waals surface area (Å²) < 4.78 is 63.5. The van der Waals surface area contributed by atoms with E-state index in [9.17, 15) is 21.6 Å². The summed E-state index contributed by atoms with van der Waals surface area (Å²) in [6.07, 6.45) is -3.75. The molecule has 1 heterocycles. The maximum atomic E-state index is 13.1. The van der Waals surface area contributed by atoms with Crippen LogP contribution in [-0.4, -0.2) is 29.4 Å². The van der Waals surface area contributed by atoms with Crippen molar-refractivity contribution in [2.45, 2.75) is 11.1 Å². The van der Waals surface area contributed by atoms with Gasteiger partial charge in [-0.25, -0.2) is 18.1 Å². The van der Waals surface area contributed by atoms with Crippen molar-refractivity contribution < 1.29 is 21.6 Å². The van der Waals surface area contributed by atoms with Crippen LogP contribution in [0.3, 0.4) is 0 Å². The molecule has 5 nitrogen and oxygen atoms in total. The van der Waals surface area contributed by atoms with E-state index in [2.05, 4.69) is 10.1 Å². The second kappa shape index (κ2) is 6.81. The van der Waals surface area contributed by atoms with Crippen LogP contribution in [0.2, 0.25) is 10.0 Å². The van der Waals surface area contributed by atoms with Gasteiger partial charge in [-0.3, -0.25) is 0 Å². The zero-order chi connectivity index (χ0) is 20.0. The third-order valence-electron chi connectivity index (χ3n) is 3.54. The lowest BCUT2D eigenvalue weighted by Crippen LogP contribution is -2.08. The monoisotopic (exact) mass is 435 g/mol. The van der Waals surface area contributed by atoms with Crippen LogP contribution in [-0.2, 0) is 16.0 Å². The maximum absolute atomic E-state index is 13.1. The number of rotatable bonds is 3. The molecule has 3 aromatic rings. The molecule has 0 aliphatic carbocycles. The Morgan fingerprint density at radius 3 is 2.19 bits per heavy atom. The van der Waals surface area contributed by atoms with Gasteiger partial charge in [-0.05, 0) is 42.5 Å². The number of aromatic nitrogens is 3. The molecule has 2 aromatic carbocycles. The predicted molar refractivity (Wildman–Crippen MR) is 94.9 cm³/mol. The summed E-state index contributed by atoms with van der Waals surface area (Å²) in [5, 5.41) is 3.93. The van der Waals surface area contributed by atoms with Crippen LogP contribution in [0.1, 0.15) is 5.82 Å². The van der Waals surface area contributed by atoms with Gasteiger partial charge in [0.25, 0.3) is 5.82 Å². The first-order valence-electron chi connectivity index (χ1n) is 7.27. The molecular formula is C16H10Cl2F3N3O2S. The highest BCUT2D eigenvalue weighted by Crippen LogP contribution is 2.34. The van der Waals surface area contributed by atoms with Gasteiger partial charge >= 0.3 is 6.18 Å². The topological polar surface area (TPSA) is 64.8 Å². The minimum absolute atomic E-state index is 0.0217. The molecule has 0 radical (unpaired) electrons. The van der Waals surface area contributed by atoms with Crippen LogP contribution < -0.4 is 0 Å². The van der Waals surface area contributed by atoms with Crippen LogP contribution in [0.5, 0.6) is 0 Å². The molecule has 0 saturated carbocycles. The first-order chi connectivity index (χ1) is 12.5. The summed E-state index contributed by atoms with van der Waals surface area (Å²) in [6.45, 7) is 0. The van der Waals surface area contributed by atoms with Crippen LogP contribution in [0.15, 0.2) is 47.4 Å². The molecule has 0 aliphatic heterocycles. The molecule has 27 heavy (non-hydrogen) atoms. The van der Waals surface area contributed by atoms with Gasteiger partial charge < -0.3 is 0 Å². The Hall–Kier alpha value is -2.10. The minimum Gasteiger partial charge on any atom is -0.224 e. The molecule has 11 heteroatoms. The Morgan fingerprint density at radius 2 is 1.67 bits per heavy atom. The molecule has 0 N–H and O–H groups in total. The normalized spacial score (nSPS) is 12.4. The fraction of sp³-hybridized carbons (Fsp3) is 0.125. The summed E-state index contributed by atoms with van der Waals surface area (Å²) in [6, 6.07) is 9.46. The Labute approximate surface area is 162 Å². The number of sulfone groups is 1. The van der Waals surface area contributed by atoms with Crippen molar-refractivity contribution in [3.8, 4) is 17.1 Å². The number of alkyl halides is 3. The van der Waals surface area contributed by atoms with Crippen molar-refractivity contribution in [3.63, 3.8) is 0 Å². The average Bonchev–Trinajstić information content (AvgIpc) is 2.99. The van der Waals surface area contributed by atoms with Crippen molar-refractivity contribution in [1.82, 2.24) is 14.8 Å². The molecule has 0 spiro atoms. The smallest absolute Gasteiger partial charge is 0.224 e. The van der Waals surface area contributed by atoms with E-state index in [4.69, 9.17) is 23.2 Å². The van der Waals surface area contributed by atoms with E-state index in [-0.39, 0.29) is 27.0 Å². The summed E-state index contributed by atoms with van der Waals surface area (Å²) in [4.78, 5) is 3.59. The summed E-state index contributed by atoms with van der Waals surface area (Å²) in [5.41, 5.74) is 0.377. The van der Waals surface area contributed by atoms with Gasteiger partial charge in [-0.15, -0.1) is 5.10 Å². The summed E-state index contributed by atoms with van der Waals surface area (Å²) in [7, 11) is -3.45. The number of nitrogens with zero attached hydrogens (tertiary/aromatic N) is 3. The SMILES string of the molecule is CS(=O)(=O)c1ccc(-n2nc(C(F)(F)F)nc2-c2ccc(Cl)cc2Cl)cc1. The highest BCUT2D eigenvalue weighted by molar-refractivity contribution is 7.90. The molecule has 0 bridgehead atoms. The number of halogens is 5. The van der Waals surface area contributed by atoms with Crippen LogP contribution >= 0.6 is 23.2 Å². The Balaban J connectivity index is 2.21. The first-order valence-corrected chi connectivity index (χ1v) is 9.92. The lowest BCUT2D eigenvalue weighted by molar-refractivity contribution is -0.144. The van der Waals surface area contributed by atoms with Gasteiger partial charge in [-0.1, -0.05) is 23.2 Å². The van der Waals surface area contributed by atoms with Crippen LogP contribution in [0, 0.1) is 0 Å². The van der Waals surface area contributed by atoms with E-state index in [1.165, 1.54) is 42.5 Å². The van der Waals surface area contributed by atoms with Gasteiger partial charge in [0.15, 0.2) is 15.7 Å². The number of benzene rings is 2. The molecule has 0 amide bonds. The Morgan fingerprint density at radius 1 is 1.04 bits per heavy atom. The second-order valence-electron chi connectivity index (χ2n) is 5.56. The lowest BCUT2D eigenvalue weighted by atomic mass is 10.2. The molecule has 3 rings (SSSR count). The molecule has 0 saturated heterocycles. The molecule has 0 fully saturated rings. The van der Waals surface area contributed by atoms with Crippen LogP contribution in [0.4, 0.5) is 13.2 Å². The minimum atomic E-state index is -4.77. The van der Waals surface area contributed by atoms with Gasteiger partial charge in [-0.2, -0.15) is 13.2 Å². The molecule has 0 atom stereocenters. The van der Waals surface area contributed by atoms with Gasteiger partial charge in [0.05, 0.1) is 15.6 Å². The van der Waals surface area contributed by atoms with Crippen molar-refractivity contribution in [1.29, 1.82) is 0 Å². The van der Waals surface area contributed by atoms with Gasteiger partial charge in [0, 0.05) is 16.8 Å². The zero-order valence-electron chi connectivity index (χ0n) is 13.5. The van der Waals surface area contributed by atoms with E-state index in [1.54, 1.807) is 0 Å². The molecule has 0 unspecified atom stereocenters. The summed E-state index contributed by atoms with van der Waals surface area (Å²) in [5.74, 6) is -1.51. The molecule has 142 valence electrons. The van der Waals surface area contributed by atoms with E-state index >= 15 is 0 Å². The quantitative estimate of drug-likeness (QED) is 0.599. The van der Waals surface area contributed by atoms with Crippen LogP contribution in [0.25, 0.3) is 17.1 Å². The predicted octanol–water partition coefficient (Wildman–Crippen LogP) is 4.66. The molecule has 0 aliphatic rings.